The van der Waals surface area contributed by atoms with Gasteiger partial charge < -0.3 is 9.47 Å². The summed E-state index contributed by atoms with van der Waals surface area (Å²) in [5.41, 5.74) is 1.08. The van der Waals surface area contributed by atoms with Crippen LogP contribution in [0.15, 0.2) is 40.9 Å². The van der Waals surface area contributed by atoms with Gasteiger partial charge in [0.15, 0.2) is 5.78 Å². The Labute approximate surface area is 129 Å². The average Bonchev–Trinajstić information content (AvgIpc) is 2.47. The topological polar surface area (TPSA) is 35.5 Å². The molecule has 1 heterocycles. The summed E-state index contributed by atoms with van der Waals surface area (Å²) in [6.45, 7) is 0. The molecular formula is C16H12BrFO3. The van der Waals surface area contributed by atoms with Gasteiger partial charge in [-0.3, -0.25) is 4.79 Å². The highest BCUT2D eigenvalue weighted by Gasteiger charge is 2.30. The Morgan fingerprint density at radius 2 is 2.10 bits per heavy atom. The second kappa shape index (κ2) is 5.48. The Bertz CT molecular complexity index is 715. The van der Waals surface area contributed by atoms with Crippen LogP contribution in [-0.4, -0.2) is 12.9 Å². The predicted octanol–water partition coefficient (Wildman–Crippen LogP) is 4.30. The number of carbonyl (C=O) groups excluding carboxylic acids is 1. The lowest BCUT2D eigenvalue weighted by Gasteiger charge is -2.26. The fourth-order valence-electron chi connectivity index (χ4n) is 2.43. The number of rotatable bonds is 2. The van der Waals surface area contributed by atoms with Crippen molar-refractivity contribution in [1.82, 2.24) is 0 Å². The third kappa shape index (κ3) is 2.65. The summed E-state index contributed by atoms with van der Waals surface area (Å²) in [6.07, 6.45) is -0.286. The molecule has 1 atom stereocenters. The van der Waals surface area contributed by atoms with Crippen LogP contribution < -0.4 is 9.47 Å². The highest BCUT2D eigenvalue weighted by Crippen LogP contribution is 2.39. The number of methoxy groups -OCH3 is 1. The summed E-state index contributed by atoms with van der Waals surface area (Å²) in [7, 11) is 1.57. The molecule has 1 aliphatic heterocycles. The van der Waals surface area contributed by atoms with Crippen molar-refractivity contribution in [2.45, 2.75) is 12.5 Å². The molecule has 0 aromatic heterocycles. The second-order valence-corrected chi connectivity index (χ2v) is 5.68. The van der Waals surface area contributed by atoms with Gasteiger partial charge in [-0.05, 0) is 36.4 Å². The first-order valence-electron chi connectivity index (χ1n) is 6.41. The lowest BCUT2D eigenvalue weighted by atomic mass is 9.95. The summed E-state index contributed by atoms with van der Waals surface area (Å²) in [5.74, 6) is 0.480. The zero-order chi connectivity index (χ0) is 15.0. The maximum Gasteiger partial charge on any atom is 0.170 e. The van der Waals surface area contributed by atoms with Gasteiger partial charge in [0, 0.05) is 10.0 Å². The Balaban J connectivity index is 2.01. The summed E-state index contributed by atoms with van der Waals surface area (Å²) >= 11 is 3.40. The van der Waals surface area contributed by atoms with Gasteiger partial charge in [-0.2, -0.15) is 0 Å². The van der Waals surface area contributed by atoms with Crippen LogP contribution in [0.4, 0.5) is 4.39 Å². The van der Waals surface area contributed by atoms with Gasteiger partial charge in [-0.1, -0.05) is 15.9 Å². The molecule has 2 aromatic carbocycles. The highest BCUT2D eigenvalue weighted by molar-refractivity contribution is 9.10. The molecule has 1 aliphatic rings. The Hall–Kier alpha value is -1.88. The Morgan fingerprint density at radius 3 is 2.86 bits per heavy atom. The summed E-state index contributed by atoms with van der Waals surface area (Å²) < 4.78 is 25.3. The van der Waals surface area contributed by atoms with E-state index in [2.05, 4.69) is 15.9 Å². The minimum Gasteiger partial charge on any atom is -0.496 e. The first-order valence-corrected chi connectivity index (χ1v) is 7.20. The summed E-state index contributed by atoms with van der Waals surface area (Å²) in [4.78, 5) is 12.2. The molecule has 0 saturated heterocycles. The molecule has 108 valence electrons. The minimum atomic E-state index is -0.442. The fraction of sp³-hybridized carbons (Fsp3) is 0.188. The van der Waals surface area contributed by atoms with Gasteiger partial charge in [-0.25, -0.2) is 4.39 Å². The van der Waals surface area contributed by atoms with Gasteiger partial charge in [0.05, 0.1) is 19.1 Å². The highest BCUT2D eigenvalue weighted by atomic mass is 79.9. The summed E-state index contributed by atoms with van der Waals surface area (Å²) in [5, 5.41) is 0. The van der Waals surface area contributed by atoms with Gasteiger partial charge in [0.1, 0.15) is 23.4 Å². The van der Waals surface area contributed by atoms with E-state index in [-0.39, 0.29) is 12.2 Å². The van der Waals surface area contributed by atoms with Gasteiger partial charge in [0.25, 0.3) is 0 Å². The largest absolute Gasteiger partial charge is 0.496 e. The molecule has 0 radical (unpaired) electrons. The van der Waals surface area contributed by atoms with Crippen LogP contribution in [0, 0.1) is 5.82 Å². The van der Waals surface area contributed by atoms with Gasteiger partial charge in [-0.15, -0.1) is 0 Å². The van der Waals surface area contributed by atoms with Crippen molar-refractivity contribution in [1.29, 1.82) is 0 Å². The van der Waals surface area contributed by atoms with Crippen LogP contribution >= 0.6 is 15.9 Å². The molecular weight excluding hydrogens is 339 g/mol. The lowest BCUT2D eigenvalue weighted by molar-refractivity contribution is 0.0846. The van der Waals surface area contributed by atoms with E-state index in [1.54, 1.807) is 7.11 Å². The molecule has 0 aliphatic carbocycles. The number of benzene rings is 2. The molecule has 3 nitrogen and oxygen atoms in total. The first kappa shape index (κ1) is 14.1. The molecule has 0 saturated carbocycles. The molecule has 2 aromatic rings. The standard InChI is InChI=1S/C16H12BrFO3/c1-20-14-4-2-9(17)6-12(14)16-8-13(19)11-7-10(18)3-5-15(11)21-16/h2-7,16H,8H2,1H3. The van der Waals surface area contributed by atoms with E-state index in [0.717, 1.165) is 10.0 Å². The second-order valence-electron chi connectivity index (χ2n) is 4.76. The molecule has 0 fully saturated rings. The van der Waals surface area contributed by atoms with Crippen molar-refractivity contribution >= 4 is 21.7 Å². The van der Waals surface area contributed by atoms with E-state index in [1.165, 1.54) is 18.2 Å². The van der Waals surface area contributed by atoms with Crippen LogP contribution in [0.2, 0.25) is 0 Å². The van der Waals surface area contributed by atoms with E-state index < -0.39 is 11.9 Å². The van der Waals surface area contributed by atoms with Crippen molar-refractivity contribution in [2.75, 3.05) is 7.11 Å². The van der Waals surface area contributed by atoms with Crippen molar-refractivity contribution in [3.05, 3.63) is 57.8 Å². The molecule has 0 amide bonds. The van der Waals surface area contributed by atoms with Crippen LogP contribution in [0.25, 0.3) is 0 Å². The number of ketones is 1. The van der Waals surface area contributed by atoms with E-state index >= 15 is 0 Å². The maximum atomic E-state index is 13.2. The van der Waals surface area contributed by atoms with Crippen LogP contribution in [0.5, 0.6) is 11.5 Å². The zero-order valence-corrected chi connectivity index (χ0v) is 12.8. The third-order valence-electron chi connectivity index (χ3n) is 3.42. The number of hydrogen-bond donors (Lipinski definition) is 0. The summed E-state index contributed by atoms with van der Waals surface area (Å²) in [6, 6.07) is 9.52. The first-order chi connectivity index (χ1) is 10.1. The third-order valence-corrected chi connectivity index (χ3v) is 3.91. The van der Waals surface area contributed by atoms with Crippen molar-refractivity contribution < 1.29 is 18.7 Å². The molecule has 1 unspecified atom stereocenters. The minimum absolute atomic E-state index is 0.136. The fourth-order valence-corrected chi connectivity index (χ4v) is 2.81. The monoisotopic (exact) mass is 350 g/mol. The lowest BCUT2D eigenvalue weighted by Crippen LogP contribution is -2.21. The molecule has 3 rings (SSSR count). The maximum absolute atomic E-state index is 13.2. The number of halogens is 2. The quantitative estimate of drug-likeness (QED) is 0.809. The normalized spacial score (nSPS) is 17.1. The smallest absolute Gasteiger partial charge is 0.170 e. The van der Waals surface area contributed by atoms with Crippen molar-refractivity contribution in [2.24, 2.45) is 0 Å². The molecule has 5 heteroatoms. The molecule has 0 N–H and O–H groups in total. The van der Waals surface area contributed by atoms with E-state index in [1.807, 2.05) is 18.2 Å². The van der Waals surface area contributed by atoms with Crippen LogP contribution in [-0.2, 0) is 0 Å². The van der Waals surface area contributed by atoms with E-state index in [0.29, 0.717) is 17.1 Å². The van der Waals surface area contributed by atoms with Crippen molar-refractivity contribution in [3.8, 4) is 11.5 Å². The predicted molar refractivity (Wildman–Crippen MR) is 79.4 cm³/mol. The number of Topliss-reactive ketones (excluding diaryl/α,β-unsaturated/α-hetero) is 1. The van der Waals surface area contributed by atoms with Gasteiger partial charge in [0.2, 0.25) is 0 Å². The van der Waals surface area contributed by atoms with E-state index in [4.69, 9.17) is 9.47 Å². The van der Waals surface area contributed by atoms with Crippen molar-refractivity contribution in [3.63, 3.8) is 0 Å². The van der Waals surface area contributed by atoms with Crippen LogP contribution in [0.1, 0.15) is 28.4 Å². The Morgan fingerprint density at radius 1 is 1.29 bits per heavy atom. The van der Waals surface area contributed by atoms with Gasteiger partial charge >= 0.3 is 0 Å². The van der Waals surface area contributed by atoms with E-state index in [9.17, 15) is 9.18 Å². The molecule has 0 spiro atoms. The number of fused-ring (bicyclic) bond motifs is 1. The molecule has 0 bridgehead atoms. The number of ether oxygens (including phenoxy) is 2. The Kier molecular flexibility index (Phi) is 3.68. The number of carbonyl (C=O) groups is 1. The SMILES string of the molecule is COc1ccc(Br)cc1C1CC(=O)c2cc(F)ccc2O1. The average molecular weight is 351 g/mol. The van der Waals surface area contributed by atoms with Crippen LogP contribution in [0.3, 0.4) is 0 Å². The zero-order valence-electron chi connectivity index (χ0n) is 11.2. The number of hydrogen-bond acceptors (Lipinski definition) is 3. The molecule has 21 heavy (non-hydrogen) atoms.